The van der Waals surface area contributed by atoms with E-state index in [4.69, 9.17) is 5.53 Å². The number of piperazine rings is 1. The Morgan fingerprint density at radius 2 is 1.85 bits per heavy atom. The minimum Gasteiger partial charge on any atom is -0.368 e. The molecule has 10 heteroatoms. The number of amides is 1. The van der Waals surface area contributed by atoms with Gasteiger partial charge in [-0.2, -0.15) is 5.10 Å². The van der Waals surface area contributed by atoms with E-state index in [1.807, 2.05) is 18.3 Å². The summed E-state index contributed by atoms with van der Waals surface area (Å²) in [6.07, 6.45) is 8.09. The SMILES string of the molecule is [N-]=[N+]=NC(=O)c1cc(N2CCN(C3CCC(n4ccc5c(F)cccc54)CC3)CC2)cnn1. The van der Waals surface area contributed by atoms with E-state index in [1.54, 1.807) is 18.3 Å². The van der Waals surface area contributed by atoms with Crippen molar-refractivity contribution in [2.24, 2.45) is 5.11 Å². The zero-order valence-corrected chi connectivity index (χ0v) is 18.2. The zero-order chi connectivity index (χ0) is 22.8. The summed E-state index contributed by atoms with van der Waals surface area (Å²) in [6, 6.07) is 9.79. The fraction of sp³-hybridized carbons (Fsp3) is 0.435. The summed E-state index contributed by atoms with van der Waals surface area (Å²) in [5.74, 6) is -0.878. The van der Waals surface area contributed by atoms with Crippen molar-refractivity contribution >= 4 is 22.5 Å². The molecule has 3 aromatic rings. The Morgan fingerprint density at radius 3 is 2.61 bits per heavy atom. The predicted molar refractivity (Wildman–Crippen MR) is 122 cm³/mol. The first-order valence-electron chi connectivity index (χ1n) is 11.3. The third-order valence-electron chi connectivity index (χ3n) is 6.96. The fourth-order valence-electron chi connectivity index (χ4n) is 5.24. The Kier molecular flexibility index (Phi) is 5.93. The van der Waals surface area contributed by atoms with E-state index in [0.717, 1.165) is 63.1 Å². The molecule has 9 nitrogen and oxygen atoms in total. The number of carbonyl (C=O) groups excluding carboxylic acids is 1. The molecule has 2 aliphatic rings. The maximum Gasteiger partial charge on any atom is 0.269 e. The van der Waals surface area contributed by atoms with Gasteiger partial charge in [0.25, 0.3) is 5.91 Å². The number of rotatable bonds is 4. The van der Waals surface area contributed by atoms with E-state index in [1.165, 1.54) is 6.07 Å². The van der Waals surface area contributed by atoms with Gasteiger partial charge < -0.3 is 9.47 Å². The molecule has 0 radical (unpaired) electrons. The Bertz CT molecular complexity index is 1200. The van der Waals surface area contributed by atoms with E-state index < -0.39 is 5.91 Å². The van der Waals surface area contributed by atoms with Gasteiger partial charge in [0.15, 0.2) is 0 Å². The van der Waals surface area contributed by atoms with Crippen LogP contribution in [0.4, 0.5) is 10.1 Å². The molecule has 3 heterocycles. The number of aromatic nitrogens is 3. The topological polar surface area (TPSA) is 103 Å². The molecule has 2 fully saturated rings. The van der Waals surface area contributed by atoms with Gasteiger partial charge in [0.2, 0.25) is 0 Å². The van der Waals surface area contributed by atoms with Gasteiger partial charge in [0.1, 0.15) is 11.5 Å². The third kappa shape index (κ3) is 4.27. The second-order valence-electron chi connectivity index (χ2n) is 8.67. The average molecular weight is 449 g/mol. The number of carbonyl (C=O) groups is 1. The number of hydrogen-bond acceptors (Lipinski definition) is 5. The third-order valence-corrected chi connectivity index (χ3v) is 6.96. The van der Waals surface area contributed by atoms with Crippen molar-refractivity contribution in [3.63, 3.8) is 0 Å². The highest BCUT2D eigenvalue weighted by Crippen LogP contribution is 2.34. The molecule has 1 saturated heterocycles. The van der Waals surface area contributed by atoms with E-state index in [0.29, 0.717) is 17.5 Å². The Morgan fingerprint density at radius 1 is 1.09 bits per heavy atom. The molecule has 0 spiro atoms. The second kappa shape index (κ2) is 9.17. The largest absolute Gasteiger partial charge is 0.368 e. The Labute approximate surface area is 190 Å². The van der Waals surface area contributed by atoms with Crippen molar-refractivity contribution in [2.45, 2.75) is 37.8 Å². The van der Waals surface area contributed by atoms with Crippen LogP contribution in [0.5, 0.6) is 0 Å². The number of azide groups is 1. The molecule has 170 valence electrons. The summed E-state index contributed by atoms with van der Waals surface area (Å²) in [5.41, 5.74) is 10.3. The second-order valence-corrected chi connectivity index (χ2v) is 8.67. The molecule has 1 saturated carbocycles. The van der Waals surface area contributed by atoms with Crippen LogP contribution < -0.4 is 4.90 Å². The summed E-state index contributed by atoms with van der Waals surface area (Å²) in [7, 11) is 0. The van der Waals surface area contributed by atoms with Gasteiger partial charge in [0.05, 0.1) is 17.4 Å². The lowest BCUT2D eigenvalue weighted by Crippen LogP contribution is -2.51. The molecule has 33 heavy (non-hydrogen) atoms. The minimum atomic E-state index is -0.722. The van der Waals surface area contributed by atoms with E-state index in [9.17, 15) is 9.18 Å². The van der Waals surface area contributed by atoms with Gasteiger partial charge >= 0.3 is 0 Å². The van der Waals surface area contributed by atoms with Crippen LogP contribution in [0.15, 0.2) is 47.8 Å². The lowest BCUT2D eigenvalue weighted by Gasteiger charge is -2.42. The highest BCUT2D eigenvalue weighted by molar-refractivity contribution is 5.93. The van der Waals surface area contributed by atoms with Crippen molar-refractivity contribution < 1.29 is 9.18 Å². The normalized spacial score (nSPS) is 21.7. The fourth-order valence-corrected chi connectivity index (χ4v) is 5.24. The number of halogens is 1. The molecule has 0 unspecified atom stereocenters. The maximum atomic E-state index is 14.1. The van der Waals surface area contributed by atoms with E-state index in [-0.39, 0.29) is 11.5 Å². The van der Waals surface area contributed by atoms with Crippen LogP contribution >= 0.6 is 0 Å². The molecule has 2 aromatic heterocycles. The number of benzene rings is 1. The summed E-state index contributed by atoms with van der Waals surface area (Å²) in [5, 5.41) is 11.5. The minimum absolute atomic E-state index is 0.0588. The van der Waals surface area contributed by atoms with Crippen molar-refractivity contribution in [3.05, 3.63) is 64.7 Å². The highest BCUT2D eigenvalue weighted by atomic mass is 19.1. The smallest absolute Gasteiger partial charge is 0.269 e. The van der Waals surface area contributed by atoms with Crippen LogP contribution in [0.2, 0.25) is 0 Å². The number of fused-ring (bicyclic) bond motifs is 1. The lowest BCUT2D eigenvalue weighted by atomic mass is 9.89. The summed E-state index contributed by atoms with van der Waals surface area (Å²) in [4.78, 5) is 19.0. The van der Waals surface area contributed by atoms with Crippen LogP contribution in [0, 0.1) is 5.82 Å². The van der Waals surface area contributed by atoms with E-state index in [2.05, 4.69) is 34.6 Å². The Balaban J connectivity index is 1.17. The van der Waals surface area contributed by atoms with Crippen LogP contribution in [-0.2, 0) is 0 Å². The van der Waals surface area contributed by atoms with E-state index >= 15 is 0 Å². The summed E-state index contributed by atoms with van der Waals surface area (Å²) in [6.45, 7) is 3.55. The zero-order valence-electron chi connectivity index (χ0n) is 18.2. The average Bonchev–Trinajstić information content (AvgIpc) is 3.30. The quantitative estimate of drug-likeness (QED) is 0.336. The molecule has 0 atom stereocenters. The predicted octanol–water partition coefficient (Wildman–Crippen LogP) is 4.33. The van der Waals surface area contributed by atoms with Crippen LogP contribution in [-0.4, -0.2) is 57.8 Å². The highest BCUT2D eigenvalue weighted by Gasteiger charge is 2.29. The van der Waals surface area contributed by atoms with Crippen molar-refractivity contribution in [1.29, 1.82) is 0 Å². The molecule has 5 rings (SSSR count). The summed E-state index contributed by atoms with van der Waals surface area (Å²) < 4.78 is 16.3. The van der Waals surface area contributed by atoms with Gasteiger partial charge in [-0.25, -0.2) is 4.39 Å². The van der Waals surface area contributed by atoms with Crippen LogP contribution in [0.1, 0.15) is 42.2 Å². The van der Waals surface area contributed by atoms with Gasteiger partial charge in [-0.3, -0.25) is 9.69 Å². The monoisotopic (exact) mass is 448 g/mol. The molecule has 1 aliphatic carbocycles. The lowest BCUT2D eigenvalue weighted by molar-refractivity contribution is 0.0994. The van der Waals surface area contributed by atoms with Gasteiger partial charge in [-0.15, -0.1) is 5.10 Å². The van der Waals surface area contributed by atoms with Crippen molar-refractivity contribution in [1.82, 2.24) is 19.7 Å². The molecule has 1 amide bonds. The molecule has 1 aliphatic heterocycles. The molecule has 0 bridgehead atoms. The Hall–Kier alpha value is -3.49. The maximum absolute atomic E-state index is 14.1. The van der Waals surface area contributed by atoms with Crippen molar-refractivity contribution in [2.75, 3.05) is 31.1 Å². The summed E-state index contributed by atoms with van der Waals surface area (Å²) >= 11 is 0. The van der Waals surface area contributed by atoms with Crippen LogP contribution in [0.3, 0.4) is 0 Å². The standard InChI is InChI=1S/C23H25FN8O/c24-20-2-1-3-22-19(20)8-9-32(22)17-6-4-16(5-7-17)30-10-12-31(13-11-30)18-14-21(27-26-15-18)23(33)28-29-25/h1-3,8-9,14-17H,4-7,10-13H2. The number of nitrogens with zero attached hydrogens (tertiary/aromatic N) is 8. The van der Waals surface area contributed by atoms with Crippen molar-refractivity contribution in [3.8, 4) is 0 Å². The molecule has 1 aromatic carbocycles. The van der Waals surface area contributed by atoms with Gasteiger partial charge in [-0.05, 0) is 60.6 Å². The number of anilines is 1. The molecule has 0 N–H and O–H groups in total. The first-order chi connectivity index (χ1) is 16.1. The number of hydrogen-bond donors (Lipinski definition) is 0. The first kappa shape index (κ1) is 21.4. The first-order valence-corrected chi connectivity index (χ1v) is 11.3. The molecular formula is C23H25FN8O. The van der Waals surface area contributed by atoms with Gasteiger partial charge in [0, 0.05) is 54.8 Å². The molecular weight excluding hydrogens is 423 g/mol. The van der Waals surface area contributed by atoms with Gasteiger partial charge in [-0.1, -0.05) is 6.07 Å². The van der Waals surface area contributed by atoms with Crippen LogP contribution in [0.25, 0.3) is 21.3 Å².